The molecule has 4 heteroatoms. The molecule has 1 aliphatic heterocycles. The van der Waals surface area contributed by atoms with Gasteiger partial charge in [0.1, 0.15) is 0 Å². The third-order valence-electron chi connectivity index (χ3n) is 3.29. The van der Waals surface area contributed by atoms with Crippen LogP contribution in [0.15, 0.2) is 0 Å². The molecule has 102 valence electrons. The second kappa shape index (κ2) is 7.31. The molecule has 0 unspecified atom stereocenters. The van der Waals surface area contributed by atoms with Gasteiger partial charge in [-0.05, 0) is 25.3 Å². The Morgan fingerprint density at radius 1 is 1.35 bits per heavy atom. The van der Waals surface area contributed by atoms with Crippen LogP contribution < -0.4 is 5.32 Å². The Bertz CT molecular complexity index is 202. The monoisotopic (exact) mass is 244 g/mol. The SMILES string of the molecule is CNCC(C)(C)CN1CCC(OCCO)CC1. The molecule has 2 N–H and O–H groups in total. The average molecular weight is 244 g/mol. The maximum absolute atomic E-state index is 8.72. The topological polar surface area (TPSA) is 44.7 Å². The molecule has 1 fully saturated rings. The fourth-order valence-electron chi connectivity index (χ4n) is 2.59. The van der Waals surface area contributed by atoms with E-state index >= 15 is 0 Å². The number of piperidine rings is 1. The molecule has 1 aliphatic rings. The van der Waals surface area contributed by atoms with Crippen LogP contribution in [0.3, 0.4) is 0 Å². The van der Waals surface area contributed by atoms with Crippen LogP contribution in [0.1, 0.15) is 26.7 Å². The third kappa shape index (κ3) is 5.82. The summed E-state index contributed by atoms with van der Waals surface area (Å²) in [6.07, 6.45) is 2.54. The van der Waals surface area contributed by atoms with Crippen molar-refractivity contribution in [2.24, 2.45) is 5.41 Å². The molecule has 0 bridgehead atoms. The van der Waals surface area contributed by atoms with E-state index in [2.05, 4.69) is 24.1 Å². The number of hydrogen-bond donors (Lipinski definition) is 2. The van der Waals surface area contributed by atoms with Crippen LogP contribution in [0, 0.1) is 5.41 Å². The number of aliphatic hydroxyl groups is 1. The van der Waals surface area contributed by atoms with Gasteiger partial charge < -0.3 is 20.1 Å². The van der Waals surface area contributed by atoms with Gasteiger partial charge in [-0.25, -0.2) is 0 Å². The van der Waals surface area contributed by atoms with E-state index in [9.17, 15) is 0 Å². The van der Waals surface area contributed by atoms with Crippen LogP contribution in [-0.2, 0) is 4.74 Å². The fraction of sp³-hybridized carbons (Fsp3) is 1.00. The van der Waals surface area contributed by atoms with Gasteiger partial charge in [0.15, 0.2) is 0 Å². The Morgan fingerprint density at radius 3 is 2.53 bits per heavy atom. The quantitative estimate of drug-likeness (QED) is 0.692. The van der Waals surface area contributed by atoms with E-state index < -0.39 is 0 Å². The summed E-state index contributed by atoms with van der Waals surface area (Å²) >= 11 is 0. The van der Waals surface area contributed by atoms with Crippen molar-refractivity contribution in [1.82, 2.24) is 10.2 Å². The van der Waals surface area contributed by atoms with Crippen molar-refractivity contribution in [1.29, 1.82) is 0 Å². The molecular weight excluding hydrogens is 216 g/mol. The molecule has 0 amide bonds. The lowest BCUT2D eigenvalue weighted by Gasteiger charge is -2.37. The second-order valence-corrected chi connectivity index (χ2v) is 5.76. The summed E-state index contributed by atoms with van der Waals surface area (Å²) in [5.41, 5.74) is 0.327. The number of ether oxygens (including phenoxy) is 1. The molecule has 0 radical (unpaired) electrons. The first kappa shape index (κ1) is 14.9. The Hall–Kier alpha value is -0.160. The van der Waals surface area contributed by atoms with Gasteiger partial charge in [0.2, 0.25) is 0 Å². The summed E-state index contributed by atoms with van der Waals surface area (Å²) in [6, 6.07) is 0. The van der Waals surface area contributed by atoms with Crippen LogP contribution in [0.2, 0.25) is 0 Å². The van der Waals surface area contributed by atoms with Gasteiger partial charge in [-0.1, -0.05) is 13.8 Å². The molecule has 0 aromatic rings. The van der Waals surface area contributed by atoms with Crippen molar-refractivity contribution in [3.8, 4) is 0 Å². The first-order valence-corrected chi connectivity index (χ1v) is 6.67. The predicted molar refractivity (Wildman–Crippen MR) is 70.2 cm³/mol. The Balaban J connectivity index is 2.22. The van der Waals surface area contributed by atoms with Crippen molar-refractivity contribution >= 4 is 0 Å². The summed E-state index contributed by atoms with van der Waals surface area (Å²) < 4.78 is 5.57. The fourth-order valence-corrected chi connectivity index (χ4v) is 2.59. The van der Waals surface area contributed by atoms with Crippen molar-refractivity contribution in [3.63, 3.8) is 0 Å². The molecule has 0 aromatic carbocycles. The molecule has 0 aliphatic carbocycles. The van der Waals surface area contributed by atoms with E-state index in [1.54, 1.807) is 0 Å². The van der Waals surface area contributed by atoms with Crippen LogP contribution in [0.25, 0.3) is 0 Å². The summed E-state index contributed by atoms with van der Waals surface area (Å²) in [7, 11) is 2.01. The average Bonchev–Trinajstić information content (AvgIpc) is 2.27. The number of aliphatic hydroxyl groups excluding tert-OH is 1. The normalized spacial score (nSPS) is 19.8. The summed E-state index contributed by atoms with van der Waals surface area (Å²) in [6.45, 7) is 9.64. The Kier molecular flexibility index (Phi) is 6.41. The van der Waals surface area contributed by atoms with Crippen LogP contribution in [0.4, 0.5) is 0 Å². The van der Waals surface area contributed by atoms with Gasteiger partial charge in [-0.3, -0.25) is 0 Å². The Morgan fingerprint density at radius 2 is 2.00 bits per heavy atom. The maximum atomic E-state index is 8.72. The highest BCUT2D eigenvalue weighted by Crippen LogP contribution is 2.20. The third-order valence-corrected chi connectivity index (χ3v) is 3.29. The lowest BCUT2D eigenvalue weighted by molar-refractivity contribution is -0.0129. The lowest BCUT2D eigenvalue weighted by atomic mass is 9.91. The predicted octanol–water partition coefficient (Wildman–Crippen LogP) is 0.705. The van der Waals surface area contributed by atoms with Crippen molar-refractivity contribution < 1.29 is 9.84 Å². The van der Waals surface area contributed by atoms with E-state index in [1.165, 1.54) is 0 Å². The zero-order valence-corrected chi connectivity index (χ0v) is 11.5. The zero-order chi connectivity index (χ0) is 12.7. The van der Waals surface area contributed by atoms with Crippen molar-refractivity contribution in [2.45, 2.75) is 32.8 Å². The van der Waals surface area contributed by atoms with Gasteiger partial charge in [0.05, 0.1) is 19.3 Å². The number of likely N-dealkylation sites (tertiary alicyclic amines) is 1. The molecule has 1 heterocycles. The van der Waals surface area contributed by atoms with E-state index in [4.69, 9.17) is 9.84 Å². The van der Waals surface area contributed by atoms with Crippen LogP contribution in [-0.4, -0.2) is 62.6 Å². The first-order chi connectivity index (χ1) is 8.07. The lowest BCUT2D eigenvalue weighted by Crippen LogP contribution is -2.44. The highest BCUT2D eigenvalue weighted by atomic mass is 16.5. The first-order valence-electron chi connectivity index (χ1n) is 6.67. The van der Waals surface area contributed by atoms with E-state index in [1.807, 2.05) is 7.05 Å². The zero-order valence-electron chi connectivity index (χ0n) is 11.5. The number of rotatable bonds is 7. The smallest absolute Gasteiger partial charge is 0.0701 e. The minimum absolute atomic E-state index is 0.134. The van der Waals surface area contributed by atoms with Gasteiger partial charge in [-0.2, -0.15) is 0 Å². The van der Waals surface area contributed by atoms with Crippen LogP contribution >= 0.6 is 0 Å². The van der Waals surface area contributed by atoms with Crippen molar-refractivity contribution in [2.75, 3.05) is 46.4 Å². The molecule has 0 aromatic heterocycles. The summed E-state index contributed by atoms with van der Waals surface area (Å²) in [5.74, 6) is 0. The molecule has 1 saturated heterocycles. The molecular formula is C13H28N2O2. The molecule has 0 saturated carbocycles. The molecule has 0 atom stereocenters. The number of nitrogens with zero attached hydrogens (tertiary/aromatic N) is 1. The van der Waals surface area contributed by atoms with Crippen LogP contribution in [0.5, 0.6) is 0 Å². The number of hydrogen-bond acceptors (Lipinski definition) is 4. The number of nitrogens with one attached hydrogen (secondary N) is 1. The summed E-state index contributed by atoms with van der Waals surface area (Å²) in [5, 5.41) is 12.0. The molecule has 1 rings (SSSR count). The van der Waals surface area contributed by atoms with E-state index in [0.717, 1.165) is 39.0 Å². The maximum Gasteiger partial charge on any atom is 0.0701 e. The largest absolute Gasteiger partial charge is 0.394 e. The highest BCUT2D eigenvalue weighted by molar-refractivity contribution is 4.80. The van der Waals surface area contributed by atoms with Gasteiger partial charge in [0.25, 0.3) is 0 Å². The van der Waals surface area contributed by atoms with E-state index in [0.29, 0.717) is 18.1 Å². The second-order valence-electron chi connectivity index (χ2n) is 5.76. The van der Waals surface area contributed by atoms with Crippen molar-refractivity contribution in [3.05, 3.63) is 0 Å². The molecule has 4 nitrogen and oxygen atoms in total. The highest BCUT2D eigenvalue weighted by Gasteiger charge is 2.25. The van der Waals surface area contributed by atoms with E-state index in [-0.39, 0.29) is 6.61 Å². The molecule has 17 heavy (non-hydrogen) atoms. The minimum atomic E-state index is 0.134. The van der Waals surface area contributed by atoms with Gasteiger partial charge in [-0.15, -0.1) is 0 Å². The van der Waals surface area contributed by atoms with Gasteiger partial charge in [0, 0.05) is 26.2 Å². The van der Waals surface area contributed by atoms with Gasteiger partial charge >= 0.3 is 0 Å². The standard InChI is InChI=1S/C13H28N2O2/c1-13(2,10-14-3)11-15-6-4-12(5-7-15)17-9-8-16/h12,14,16H,4-11H2,1-3H3. The minimum Gasteiger partial charge on any atom is -0.394 e. The summed E-state index contributed by atoms with van der Waals surface area (Å²) in [4.78, 5) is 2.52. The molecule has 0 spiro atoms. The Labute approximate surface area is 105 Å².